The minimum absolute atomic E-state index is 0. The van der Waals surface area contributed by atoms with Crippen LogP contribution in [-0.4, -0.2) is 9.31 Å². The van der Waals surface area contributed by atoms with E-state index in [9.17, 15) is 4.79 Å². The van der Waals surface area contributed by atoms with Gasteiger partial charge in [0.25, 0.3) is 0 Å². The second-order valence-electron chi connectivity index (χ2n) is 1.77. The summed E-state index contributed by atoms with van der Waals surface area (Å²) < 4.78 is 0.694. The summed E-state index contributed by atoms with van der Waals surface area (Å²) in [5.74, 6) is 0. The van der Waals surface area contributed by atoms with Crippen molar-refractivity contribution >= 4 is 59.4 Å². The highest BCUT2D eigenvalue weighted by atomic mass is 32.1. The molecule has 0 aromatic heterocycles. The van der Waals surface area contributed by atoms with E-state index in [-0.39, 0.29) is 12.5 Å². The smallest absolute Gasteiger partial charge is 0.182 e. The minimum Gasteiger partial charge on any atom is -0.288 e. The first-order chi connectivity index (χ1) is 5.20. The van der Waals surface area contributed by atoms with Crippen LogP contribution in [0.2, 0.25) is 0 Å². The second kappa shape index (κ2) is 18.4. The van der Waals surface area contributed by atoms with Crippen molar-refractivity contribution in [1.82, 2.24) is 0 Å². The van der Waals surface area contributed by atoms with Gasteiger partial charge in [0.1, 0.15) is 0 Å². The maximum atomic E-state index is 9.31. The number of allylic oxidation sites excluding steroid dienone is 1. The molecule has 0 radical (unpaired) electrons. The standard InChI is InChI=1S/C3H6S.C2H4OS.C2H4S2.CH4/c1-3(2)4;2*1-2(3)4;/h4H,1H2,2H3;2*1H3,(H,3,4);1H4. The quantitative estimate of drug-likeness (QED) is 0.453. The molecule has 0 fully saturated rings. The Labute approximate surface area is 104 Å². The number of thiocarbonyl (C=S) groups is 1. The number of thiol groups is 3. The first kappa shape index (κ1) is 23.4. The number of carbonyl (C=O) groups excluding carboxylic acids is 1. The van der Waals surface area contributed by atoms with Gasteiger partial charge in [-0.1, -0.05) is 26.2 Å². The van der Waals surface area contributed by atoms with Gasteiger partial charge in [-0.3, -0.25) is 4.79 Å². The van der Waals surface area contributed by atoms with Crippen LogP contribution in [0.25, 0.3) is 0 Å². The lowest BCUT2D eigenvalue weighted by Crippen LogP contribution is -1.62. The van der Waals surface area contributed by atoms with Crippen molar-refractivity contribution in [2.24, 2.45) is 0 Å². The predicted octanol–water partition coefficient (Wildman–Crippen LogP) is 3.81. The zero-order valence-corrected chi connectivity index (χ0v) is 10.9. The van der Waals surface area contributed by atoms with Crippen molar-refractivity contribution in [2.75, 3.05) is 0 Å². The van der Waals surface area contributed by atoms with Crippen molar-refractivity contribution < 1.29 is 4.79 Å². The van der Waals surface area contributed by atoms with Crippen LogP contribution < -0.4 is 0 Å². The maximum Gasteiger partial charge on any atom is 0.182 e. The first-order valence-electron chi connectivity index (χ1n) is 2.93. The Morgan fingerprint density at radius 1 is 1.15 bits per heavy atom. The molecule has 0 heterocycles. The zero-order chi connectivity index (χ0) is 10.7. The lowest BCUT2D eigenvalue weighted by atomic mass is 10.8. The Hall–Kier alpha value is 0.550. The van der Waals surface area contributed by atoms with Gasteiger partial charge in [-0.05, 0) is 18.8 Å². The average molecular weight is 258 g/mol. The molecule has 0 aliphatic heterocycles. The molecule has 80 valence electrons. The van der Waals surface area contributed by atoms with E-state index >= 15 is 0 Å². The molecule has 0 aliphatic rings. The largest absolute Gasteiger partial charge is 0.288 e. The highest BCUT2D eigenvalue weighted by Crippen LogP contribution is 1.86. The molecule has 0 rings (SSSR count). The van der Waals surface area contributed by atoms with Gasteiger partial charge in [0.05, 0.1) is 0 Å². The third-order valence-electron chi connectivity index (χ3n) is 0. The third kappa shape index (κ3) is 4620. The van der Waals surface area contributed by atoms with Gasteiger partial charge in [0.2, 0.25) is 0 Å². The molecule has 0 amide bonds. The van der Waals surface area contributed by atoms with Crippen molar-refractivity contribution in [2.45, 2.75) is 28.2 Å². The van der Waals surface area contributed by atoms with E-state index in [0.29, 0.717) is 4.20 Å². The molecule has 1 nitrogen and oxygen atoms in total. The molecule has 0 atom stereocenters. The molecule has 0 unspecified atom stereocenters. The Balaban J connectivity index is -0.0000000450. The van der Waals surface area contributed by atoms with E-state index in [1.54, 1.807) is 6.92 Å². The Morgan fingerprint density at radius 2 is 1.15 bits per heavy atom. The van der Waals surface area contributed by atoms with Gasteiger partial charge in [-0.15, -0.1) is 37.9 Å². The molecule has 0 saturated carbocycles. The summed E-state index contributed by atoms with van der Waals surface area (Å²) in [6.45, 7) is 8.41. The van der Waals surface area contributed by atoms with Crippen LogP contribution in [0.3, 0.4) is 0 Å². The van der Waals surface area contributed by atoms with Crippen LogP contribution in [0.4, 0.5) is 0 Å². The molecule has 5 heteroatoms. The fourth-order valence-corrected chi connectivity index (χ4v) is 0. The SMILES string of the molecule is C.C=C(C)S.CC(=O)S.CC(=S)S. The first-order valence-corrected chi connectivity index (χ1v) is 4.68. The fourth-order valence-electron chi connectivity index (χ4n) is 0. The Bertz CT molecular complexity index is 114. The summed E-state index contributed by atoms with van der Waals surface area (Å²) in [4.78, 5) is 10.2. The predicted molar refractivity (Wildman–Crippen MR) is 77.5 cm³/mol. The minimum atomic E-state index is -0.139. The second-order valence-corrected chi connectivity index (χ2v) is 4.75. The number of rotatable bonds is 0. The van der Waals surface area contributed by atoms with Crippen molar-refractivity contribution in [3.05, 3.63) is 11.5 Å². The van der Waals surface area contributed by atoms with Crippen LogP contribution in [0, 0.1) is 0 Å². The van der Waals surface area contributed by atoms with Crippen molar-refractivity contribution in [3.63, 3.8) is 0 Å². The van der Waals surface area contributed by atoms with Gasteiger partial charge in [-0.25, -0.2) is 0 Å². The van der Waals surface area contributed by atoms with Crippen LogP contribution in [0.5, 0.6) is 0 Å². The molecular weight excluding hydrogens is 240 g/mol. The molecule has 0 aromatic carbocycles. The Morgan fingerprint density at radius 3 is 1.15 bits per heavy atom. The summed E-state index contributed by atoms with van der Waals surface area (Å²) in [5.41, 5.74) is 0. The summed E-state index contributed by atoms with van der Waals surface area (Å²) in [6.07, 6.45) is 0. The molecule has 0 saturated heterocycles. The van der Waals surface area contributed by atoms with Crippen LogP contribution in [0.15, 0.2) is 11.5 Å². The highest BCUT2D eigenvalue weighted by Gasteiger charge is 1.63. The molecule has 0 N–H and O–H groups in total. The zero-order valence-electron chi connectivity index (χ0n) is 7.37. The number of hydrogen-bond donors (Lipinski definition) is 3. The number of hydrogen-bond acceptors (Lipinski definition) is 3. The van der Waals surface area contributed by atoms with Crippen molar-refractivity contribution in [1.29, 1.82) is 0 Å². The van der Waals surface area contributed by atoms with Gasteiger partial charge in [-0.2, -0.15) is 0 Å². The monoisotopic (exact) mass is 258 g/mol. The molecule has 0 aliphatic carbocycles. The Kier molecular flexibility index (Phi) is 33.0. The summed E-state index contributed by atoms with van der Waals surface area (Å²) in [5, 5.41) is -0.139. The molecule has 0 aromatic rings. The van der Waals surface area contributed by atoms with Gasteiger partial charge >= 0.3 is 0 Å². The van der Waals surface area contributed by atoms with E-state index in [1.165, 1.54) is 6.92 Å². The van der Waals surface area contributed by atoms with E-state index < -0.39 is 0 Å². The molecule has 0 bridgehead atoms. The van der Waals surface area contributed by atoms with E-state index in [2.05, 4.69) is 56.7 Å². The molecule has 0 spiro atoms. The maximum absolute atomic E-state index is 9.31. The molecule has 13 heavy (non-hydrogen) atoms. The summed E-state index contributed by atoms with van der Waals surface area (Å²) in [7, 11) is 0. The van der Waals surface area contributed by atoms with Crippen molar-refractivity contribution in [3.8, 4) is 0 Å². The summed E-state index contributed by atoms with van der Waals surface area (Å²) >= 11 is 15.2. The third-order valence-corrected chi connectivity index (χ3v) is 0. The topological polar surface area (TPSA) is 17.1 Å². The fraction of sp³-hybridized carbons (Fsp3) is 0.500. The van der Waals surface area contributed by atoms with Gasteiger partial charge < -0.3 is 0 Å². The number of carbonyl (C=O) groups is 1. The lowest BCUT2D eigenvalue weighted by molar-refractivity contribution is -0.108. The van der Waals surface area contributed by atoms with E-state index in [1.807, 2.05) is 6.92 Å². The van der Waals surface area contributed by atoms with E-state index in [4.69, 9.17) is 0 Å². The van der Waals surface area contributed by atoms with Crippen LogP contribution >= 0.6 is 50.1 Å². The van der Waals surface area contributed by atoms with E-state index in [0.717, 1.165) is 4.91 Å². The van der Waals surface area contributed by atoms with Gasteiger partial charge in [0.15, 0.2) is 5.12 Å². The average Bonchev–Trinajstić information content (AvgIpc) is 1.54. The van der Waals surface area contributed by atoms with Gasteiger partial charge in [0, 0.05) is 11.1 Å². The molecular formula is C8H18OS4. The highest BCUT2D eigenvalue weighted by molar-refractivity contribution is 8.11. The lowest BCUT2D eigenvalue weighted by Gasteiger charge is -1.64. The van der Waals surface area contributed by atoms with Crippen LogP contribution in [-0.2, 0) is 4.79 Å². The normalized spacial score (nSPS) is 6.00. The summed E-state index contributed by atoms with van der Waals surface area (Å²) in [6, 6.07) is 0. The van der Waals surface area contributed by atoms with Crippen LogP contribution in [0.1, 0.15) is 28.2 Å².